The number of aliphatic hydroxyl groups is 1. The zero-order chi connectivity index (χ0) is 34.3. The van der Waals surface area contributed by atoms with E-state index in [1.807, 2.05) is 42.5 Å². The smallest absolute Gasteiger partial charge is 0.274 e. The summed E-state index contributed by atoms with van der Waals surface area (Å²) >= 11 is 0. The quantitative estimate of drug-likeness (QED) is 0.155. The molecule has 1 aliphatic rings. The summed E-state index contributed by atoms with van der Waals surface area (Å²) in [6.45, 7) is 5.65. The van der Waals surface area contributed by atoms with Crippen LogP contribution in [0.25, 0.3) is 10.8 Å². The highest BCUT2D eigenvalue weighted by Gasteiger charge is 2.35. The number of aliphatic hydroxyl groups excluding tert-OH is 1. The van der Waals surface area contributed by atoms with Gasteiger partial charge in [-0.15, -0.1) is 0 Å². The van der Waals surface area contributed by atoms with Crippen molar-refractivity contribution in [3.05, 3.63) is 65.5 Å². The summed E-state index contributed by atoms with van der Waals surface area (Å²) < 4.78 is 40.4. The third-order valence-corrected chi connectivity index (χ3v) is 8.95. The van der Waals surface area contributed by atoms with E-state index in [0.717, 1.165) is 16.3 Å². The van der Waals surface area contributed by atoms with Gasteiger partial charge in [0.1, 0.15) is 28.0 Å². The second-order valence-corrected chi connectivity index (χ2v) is 13.7. The molecule has 15 heteroatoms. The Hall–Kier alpha value is -4.34. The molecule has 0 aliphatic carbocycles. The van der Waals surface area contributed by atoms with Crippen LogP contribution < -0.4 is 21.3 Å². The zero-order valence-electron chi connectivity index (χ0n) is 26.4. The second kappa shape index (κ2) is 15.5. The Kier molecular flexibility index (Phi) is 11.7. The third-order valence-electron chi connectivity index (χ3n) is 8.03. The van der Waals surface area contributed by atoms with Gasteiger partial charge in [0.25, 0.3) is 5.91 Å². The van der Waals surface area contributed by atoms with Gasteiger partial charge < -0.3 is 35.4 Å². The first-order valence-corrected chi connectivity index (χ1v) is 16.9. The predicted octanol–water partition coefficient (Wildman–Crippen LogP) is 1.27. The van der Waals surface area contributed by atoms with Crippen LogP contribution in [0.5, 0.6) is 0 Å². The van der Waals surface area contributed by atoms with Gasteiger partial charge in [-0.3, -0.25) is 19.2 Å². The van der Waals surface area contributed by atoms with E-state index in [1.165, 1.54) is 6.07 Å². The summed E-state index contributed by atoms with van der Waals surface area (Å²) in [5.74, 6) is -3.14. The van der Waals surface area contributed by atoms with Crippen LogP contribution in [-0.4, -0.2) is 77.0 Å². The van der Waals surface area contributed by atoms with Crippen LogP contribution in [0, 0.1) is 18.8 Å². The van der Waals surface area contributed by atoms with E-state index in [-0.39, 0.29) is 36.8 Å². The summed E-state index contributed by atoms with van der Waals surface area (Å²) in [6, 6.07) is 10.4. The van der Waals surface area contributed by atoms with Crippen LogP contribution >= 0.6 is 0 Å². The summed E-state index contributed by atoms with van der Waals surface area (Å²) in [5, 5.41) is 26.3. The first-order chi connectivity index (χ1) is 22.2. The highest BCUT2D eigenvalue weighted by Crippen LogP contribution is 2.22. The molecule has 0 radical (unpaired) electrons. The molecule has 0 saturated carbocycles. The van der Waals surface area contributed by atoms with E-state index < -0.39 is 57.3 Å². The lowest BCUT2D eigenvalue weighted by molar-refractivity contribution is -0.131. The Labute approximate surface area is 272 Å². The molecule has 0 spiro atoms. The van der Waals surface area contributed by atoms with Crippen molar-refractivity contribution in [3.8, 4) is 0 Å². The first-order valence-electron chi connectivity index (χ1n) is 15.4. The molecule has 14 nitrogen and oxygen atoms in total. The number of rotatable bonds is 14. The standard InChI is InChI=1S/C32H41N5O9S/c1-18(2)14-24(29(39)36-27(32(42)47(43,44)45)17-22-11-7-13-33-28(22)38)34-30(40)25(35-31(41)26-15-19(3)46-37-26)16-21-10-6-9-20-8-4-5-12-23(20)21/h4-6,8-10,12,15,18,22,24-25,27,32,42H,7,11,13-14,16-17H2,1-3H3,(H,33,38)(H,34,40)(H,35,41)(H,36,39)(H,43,44,45)/p-1/t22-,24-,25-,27-,32?/m0/s1. The number of carbonyl (C=O) groups is 4. The van der Waals surface area contributed by atoms with Gasteiger partial charge in [-0.2, -0.15) is 0 Å². The number of aryl methyl sites for hydroxylation is 1. The Bertz CT molecular complexity index is 1700. The van der Waals surface area contributed by atoms with E-state index in [9.17, 15) is 37.3 Å². The van der Waals surface area contributed by atoms with Crippen LogP contribution in [-0.2, 0) is 30.9 Å². The molecule has 4 amide bonds. The van der Waals surface area contributed by atoms with Gasteiger partial charge in [-0.25, -0.2) is 8.42 Å². The SMILES string of the molecule is Cc1cc(C(=O)N[C@@H](Cc2cccc3ccccc23)C(=O)N[C@@H](CC(C)C)C(=O)N[C@@H](C[C@@H]2CCCNC2=O)C(O)S(=O)(=O)[O-])no1. The van der Waals surface area contributed by atoms with Gasteiger partial charge in [0.05, 0.1) is 6.04 Å². The van der Waals surface area contributed by atoms with Crippen LogP contribution in [0.4, 0.5) is 0 Å². The molecule has 4 rings (SSSR count). The fourth-order valence-corrected chi connectivity index (χ4v) is 6.26. The lowest BCUT2D eigenvalue weighted by atomic mass is 9.91. The van der Waals surface area contributed by atoms with Crippen molar-refractivity contribution in [2.24, 2.45) is 11.8 Å². The van der Waals surface area contributed by atoms with E-state index in [2.05, 4.69) is 26.4 Å². The number of aromatic nitrogens is 1. The fourth-order valence-electron chi connectivity index (χ4n) is 5.68. The molecule has 5 N–H and O–H groups in total. The van der Waals surface area contributed by atoms with E-state index in [1.54, 1.807) is 20.8 Å². The molecule has 1 unspecified atom stereocenters. The van der Waals surface area contributed by atoms with Gasteiger partial charge in [0.2, 0.25) is 17.7 Å². The highest BCUT2D eigenvalue weighted by molar-refractivity contribution is 7.86. The van der Waals surface area contributed by atoms with Crippen molar-refractivity contribution in [1.82, 2.24) is 26.4 Å². The van der Waals surface area contributed by atoms with Crippen molar-refractivity contribution in [1.29, 1.82) is 0 Å². The first kappa shape index (κ1) is 35.5. The normalized spacial score (nSPS) is 17.7. The lowest BCUT2D eigenvalue weighted by Crippen LogP contribution is -2.58. The maximum atomic E-state index is 13.9. The zero-order valence-corrected chi connectivity index (χ0v) is 27.2. The molecule has 1 aromatic heterocycles. The number of hydrogen-bond acceptors (Lipinski definition) is 10. The molecular formula is C32H40N5O9S-. The van der Waals surface area contributed by atoms with Gasteiger partial charge in [-0.1, -0.05) is 61.5 Å². The number of amides is 4. The van der Waals surface area contributed by atoms with Crippen molar-refractivity contribution < 1.29 is 41.8 Å². The van der Waals surface area contributed by atoms with E-state index >= 15 is 0 Å². The van der Waals surface area contributed by atoms with Crippen LogP contribution in [0.15, 0.2) is 53.1 Å². The molecule has 5 atom stereocenters. The summed E-state index contributed by atoms with van der Waals surface area (Å²) in [4.78, 5) is 53.0. The van der Waals surface area contributed by atoms with Gasteiger partial charge in [0.15, 0.2) is 11.1 Å². The minimum absolute atomic E-state index is 0.0400. The molecule has 2 aromatic carbocycles. The Balaban J connectivity index is 1.60. The topological polar surface area (TPSA) is 220 Å². The molecule has 1 saturated heterocycles. The highest BCUT2D eigenvalue weighted by atomic mass is 32.2. The van der Waals surface area contributed by atoms with Gasteiger partial charge >= 0.3 is 0 Å². The number of nitrogens with zero attached hydrogens (tertiary/aromatic N) is 1. The largest absolute Gasteiger partial charge is 0.746 e. The van der Waals surface area contributed by atoms with Gasteiger partial charge in [-0.05, 0) is 54.9 Å². The Morgan fingerprint density at radius 1 is 1.06 bits per heavy atom. The van der Waals surface area contributed by atoms with Crippen LogP contribution in [0.1, 0.15) is 61.3 Å². The van der Waals surface area contributed by atoms with Crippen molar-refractivity contribution in [2.75, 3.05) is 6.54 Å². The molecule has 0 bridgehead atoms. The average molecular weight is 671 g/mol. The summed E-state index contributed by atoms with van der Waals surface area (Å²) in [7, 11) is -5.28. The maximum Gasteiger partial charge on any atom is 0.274 e. The Morgan fingerprint density at radius 3 is 2.43 bits per heavy atom. The number of benzene rings is 2. The van der Waals surface area contributed by atoms with Crippen molar-refractivity contribution in [3.63, 3.8) is 0 Å². The minimum Gasteiger partial charge on any atom is -0.746 e. The summed E-state index contributed by atoms with van der Waals surface area (Å²) in [6.07, 6.45) is 0.793. The molecule has 3 aromatic rings. The predicted molar refractivity (Wildman–Crippen MR) is 170 cm³/mol. The third kappa shape index (κ3) is 9.59. The lowest BCUT2D eigenvalue weighted by Gasteiger charge is -2.32. The molecule has 254 valence electrons. The molecular weight excluding hydrogens is 630 g/mol. The Morgan fingerprint density at radius 2 is 1.77 bits per heavy atom. The second-order valence-electron chi connectivity index (χ2n) is 12.2. The fraction of sp³-hybridized carbons (Fsp3) is 0.469. The molecule has 1 fully saturated rings. The monoisotopic (exact) mass is 670 g/mol. The number of nitrogens with one attached hydrogen (secondary N) is 4. The number of fused-ring (bicyclic) bond motifs is 1. The summed E-state index contributed by atoms with van der Waals surface area (Å²) in [5.41, 5.74) is -1.82. The molecule has 1 aliphatic heterocycles. The molecule has 2 heterocycles. The number of hydrogen-bond donors (Lipinski definition) is 5. The number of piperidine rings is 1. The van der Waals surface area contributed by atoms with Crippen LogP contribution in [0.2, 0.25) is 0 Å². The van der Waals surface area contributed by atoms with Crippen LogP contribution in [0.3, 0.4) is 0 Å². The van der Waals surface area contributed by atoms with E-state index in [4.69, 9.17) is 4.52 Å². The average Bonchev–Trinajstić information content (AvgIpc) is 3.46. The minimum atomic E-state index is -5.28. The van der Waals surface area contributed by atoms with Crippen molar-refractivity contribution in [2.45, 2.75) is 76.4 Å². The van der Waals surface area contributed by atoms with Crippen molar-refractivity contribution >= 4 is 44.5 Å². The molecule has 47 heavy (non-hydrogen) atoms. The van der Waals surface area contributed by atoms with E-state index in [0.29, 0.717) is 25.1 Å². The van der Waals surface area contributed by atoms with Gasteiger partial charge in [0, 0.05) is 24.9 Å². The number of carbonyl (C=O) groups excluding carboxylic acids is 4. The maximum absolute atomic E-state index is 13.9.